The fourth-order valence-electron chi connectivity index (χ4n) is 4.28. The van der Waals surface area contributed by atoms with Crippen LogP contribution in [0.15, 0.2) is 0 Å². The zero-order chi connectivity index (χ0) is 21.0. The number of carbonyl (C=O) groups is 1. The maximum atomic E-state index is 11.9. The van der Waals surface area contributed by atoms with Crippen molar-refractivity contribution in [2.24, 2.45) is 0 Å². The standard InChI is InChI=1S/C26H50O3/c1-3-4-5-6-7-8-9-10-11-12-13-14-15-16-17-20-26(27)29-24(2)21-22-25-19-18-23-28-25/h24-25H,3-23H2,1-2H3/t24-,25+/m1/s1. The molecule has 0 aromatic rings. The highest BCUT2D eigenvalue weighted by Crippen LogP contribution is 2.19. The van der Waals surface area contributed by atoms with Gasteiger partial charge in [-0.05, 0) is 39.0 Å². The quantitative estimate of drug-likeness (QED) is 0.150. The second-order valence-corrected chi connectivity index (χ2v) is 9.21. The molecule has 0 amide bonds. The van der Waals surface area contributed by atoms with Gasteiger partial charge in [0.15, 0.2) is 0 Å². The van der Waals surface area contributed by atoms with Gasteiger partial charge < -0.3 is 9.47 Å². The summed E-state index contributed by atoms with van der Waals surface area (Å²) in [5.74, 6) is -0.0143. The number of carbonyl (C=O) groups excluding carboxylic acids is 1. The Kier molecular flexibility index (Phi) is 17.7. The van der Waals surface area contributed by atoms with Crippen LogP contribution in [0.2, 0.25) is 0 Å². The van der Waals surface area contributed by atoms with Crippen molar-refractivity contribution in [3.05, 3.63) is 0 Å². The summed E-state index contributed by atoms with van der Waals surface area (Å²) in [5, 5.41) is 0. The van der Waals surface area contributed by atoms with Gasteiger partial charge in [-0.15, -0.1) is 0 Å². The Morgan fingerprint density at radius 1 is 0.862 bits per heavy atom. The molecule has 1 fully saturated rings. The molecule has 3 nitrogen and oxygen atoms in total. The number of rotatable bonds is 20. The van der Waals surface area contributed by atoms with Crippen LogP contribution in [0.4, 0.5) is 0 Å². The van der Waals surface area contributed by atoms with Crippen molar-refractivity contribution in [3.63, 3.8) is 0 Å². The molecule has 29 heavy (non-hydrogen) atoms. The average Bonchev–Trinajstić information content (AvgIpc) is 3.23. The van der Waals surface area contributed by atoms with Crippen LogP contribution in [0, 0.1) is 0 Å². The van der Waals surface area contributed by atoms with Crippen molar-refractivity contribution in [2.45, 2.75) is 154 Å². The first-order chi connectivity index (χ1) is 14.2. The van der Waals surface area contributed by atoms with Crippen molar-refractivity contribution in [3.8, 4) is 0 Å². The maximum Gasteiger partial charge on any atom is 0.306 e. The Hall–Kier alpha value is -0.570. The van der Waals surface area contributed by atoms with Crippen molar-refractivity contribution >= 4 is 5.97 Å². The summed E-state index contributed by atoms with van der Waals surface area (Å²) >= 11 is 0. The van der Waals surface area contributed by atoms with Gasteiger partial charge in [0.2, 0.25) is 0 Å². The molecule has 172 valence electrons. The highest BCUT2D eigenvalue weighted by molar-refractivity contribution is 5.69. The third-order valence-corrected chi connectivity index (χ3v) is 6.24. The van der Waals surface area contributed by atoms with Gasteiger partial charge >= 0.3 is 5.97 Å². The topological polar surface area (TPSA) is 35.5 Å². The van der Waals surface area contributed by atoms with E-state index < -0.39 is 0 Å². The number of unbranched alkanes of at least 4 members (excludes halogenated alkanes) is 14. The first-order valence-electron chi connectivity index (χ1n) is 13.0. The van der Waals surface area contributed by atoms with E-state index in [9.17, 15) is 4.79 Å². The molecule has 3 heteroatoms. The SMILES string of the molecule is CCCCCCCCCCCCCCCCCC(=O)O[C@H](C)CC[C@@H]1CCCO1. The van der Waals surface area contributed by atoms with Gasteiger partial charge in [0, 0.05) is 13.0 Å². The Morgan fingerprint density at radius 3 is 1.86 bits per heavy atom. The third kappa shape index (κ3) is 16.9. The molecule has 1 heterocycles. The first kappa shape index (κ1) is 26.5. The number of esters is 1. The Morgan fingerprint density at radius 2 is 1.38 bits per heavy atom. The van der Waals surface area contributed by atoms with Crippen LogP contribution in [-0.2, 0) is 14.3 Å². The summed E-state index contributed by atoms with van der Waals surface area (Å²) in [6.45, 7) is 5.20. The van der Waals surface area contributed by atoms with E-state index in [0.29, 0.717) is 12.5 Å². The van der Waals surface area contributed by atoms with E-state index >= 15 is 0 Å². The second-order valence-electron chi connectivity index (χ2n) is 9.21. The fourth-order valence-corrected chi connectivity index (χ4v) is 4.28. The summed E-state index contributed by atoms with van der Waals surface area (Å²) < 4.78 is 11.2. The molecule has 0 unspecified atom stereocenters. The van der Waals surface area contributed by atoms with Crippen LogP contribution < -0.4 is 0 Å². The Labute approximate surface area is 181 Å². The highest BCUT2D eigenvalue weighted by atomic mass is 16.5. The molecule has 0 aromatic carbocycles. The lowest BCUT2D eigenvalue weighted by molar-refractivity contribution is -0.148. The van der Waals surface area contributed by atoms with Crippen LogP contribution in [0.3, 0.4) is 0 Å². The van der Waals surface area contributed by atoms with E-state index in [1.165, 1.54) is 96.3 Å². The van der Waals surface area contributed by atoms with Crippen LogP contribution in [0.25, 0.3) is 0 Å². The van der Waals surface area contributed by atoms with Crippen molar-refractivity contribution < 1.29 is 14.3 Å². The normalized spacial score (nSPS) is 17.5. The Balaban J connectivity index is 1.77. The van der Waals surface area contributed by atoms with Gasteiger partial charge in [0.25, 0.3) is 0 Å². The molecule has 0 saturated carbocycles. The molecule has 1 aliphatic heterocycles. The second kappa shape index (κ2) is 19.4. The lowest BCUT2D eigenvalue weighted by atomic mass is 10.0. The zero-order valence-corrected chi connectivity index (χ0v) is 19.7. The molecular weight excluding hydrogens is 360 g/mol. The van der Waals surface area contributed by atoms with Crippen LogP contribution in [-0.4, -0.2) is 24.8 Å². The fraction of sp³-hybridized carbons (Fsp3) is 0.962. The molecule has 0 bridgehead atoms. The van der Waals surface area contributed by atoms with Gasteiger partial charge in [0.05, 0.1) is 12.2 Å². The van der Waals surface area contributed by atoms with Crippen LogP contribution >= 0.6 is 0 Å². The predicted molar refractivity (Wildman–Crippen MR) is 123 cm³/mol. The first-order valence-corrected chi connectivity index (χ1v) is 13.0. The number of hydrogen-bond donors (Lipinski definition) is 0. The maximum absolute atomic E-state index is 11.9. The van der Waals surface area contributed by atoms with Crippen LogP contribution in [0.5, 0.6) is 0 Å². The van der Waals surface area contributed by atoms with Gasteiger partial charge in [-0.1, -0.05) is 96.8 Å². The van der Waals surface area contributed by atoms with Crippen molar-refractivity contribution in [2.75, 3.05) is 6.61 Å². The number of ether oxygens (including phenoxy) is 2. The van der Waals surface area contributed by atoms with Gasteiger partial charge in [-0.3, -0.25) is 4.79 Å². The highest BCUT2D eigenvalue weighted by Gasteiger charge is 2.17. The van der Waals surface area contributed by atoms with E-state index in [0.717, 1.165) is 32.3 Å². The minimum Gasteiger partial charge on any atom is -0.463 e. The summed E-state index contributed by atoms with van der Waals surface area (Å²) in [7, 11) is 0. The predicted octanol–water partition coefficient (Wildman–Crippen LogP) is 8.14. The lowest BCUT2D eigenvalue weighted by Gasteiger charge is -2.15. The molecule has 1 rings (SSSR count). The summed E-state index contributed by atoms with van der Waals surface area (Å²) in [5.41, 5.74) is 0. The van der Waals surface area contributed by atoms with E-state index in [1.807, 2.05) is 6.92 Å². The van der Waals surface area contributed by atoms with Gasteiger partial charge in [0.1, 0.15) is 0 Å². The zero-order valence-electron chi connectivity index (χ0n) is 19.7. The van der Waals surface area contributed by atoms with Gasteiger partial charge in [-0.25, -0.2) is 0 Å². The molecule has 0 spiro atoms. The summed E-state index contributed by atoms with van der Waals surface area (Å²) in [4.78, 5) is 11.9. The third-order valence-electron chi connectivity index (χ3n) is 6.24. The van der Waals surface area contributed by atoms with E-state index in [-0.39, 0.29) is 12.1 Å². The van der Waals surface area contributed by atoms with Crippen molar-refractivity contribution in [1.29, 1.82) is 0 Å². The molecule has 1 saturated heterocycles. The number of hydrogen-bond acceptors (Lipinski definition) is 3. The smallest absolute Gasteiger partial charge is 0.306 e. The minimum absolute atomic E-state index is 0.0143. The van der Waals surface area contributed by atoms with E-state index in [2.05, 4.69) is 6.92 Å². The van der Waals surface area contributed by atoms with Gasteiger partial charge in [-0.2, -0.15) is 0 Å². The minimum atomic E-state index is -0.0143. The van der Waals surface area contributed by atoms with E-state index in [1.54, 1.807) is 0 Å². The lowest BCUT2D eigenvalue weighted by Crippen LogP contribution is -2.17. The average molecular weight is 411 g/mol. The summed E-state index contributed by atoms with van der Waals surface area (Å²) in [6.07, 6.45) is 25.6. The molecule has 0 aromatic heterocycles. The monoisotopic (exact) mass is 410 g/mol. The van der Waals surface area contributed by atoms with Crippen molar-refractivity contribution in [1.82, 2.24) is 0 Å². The molecule has 0 aliphatic carbocycles. The largest absolute Gasteiger partial charge is 0.463 e. The summed E-state index contributed by atoms with van der Waals surface area (Å²) in [6, 6.07) is 0. The Bertz CT molecular complexity index is 363. The molecule has 0 N–H and O–H groups in total. The molecule has 2 atom stereocenters. The molecule has 0 radical (unpaired) electrons. The molecule has 1 aliphatic rings. The van der Waals surface area contributed by atoms with Crippen LogP contribution in [0.1, 0.15) is 142 Å². The molecular formula is C26H50O3. The van der Waals surface area contributed by atoms with E-state index in [4.69, 9.17) is 9.47 Å².